The summed E-state index contributed by atoms with van der Waals surface area (Å²) in [5.41, 5.74) is 2.14. The van der Waals surface area contributed by atoms with Crippen molar-refractivity contribution in [2.24, 2.45) is 0 Å². The molecule has 0 spiro atoms. The number of thioether (sulfide) groups is 1. The molecule has 126 valence electrons. The van der Waals surface area contributed by atoms with Crippen LogP contribution in [0.25, 0.3) is 0 Å². The summed E-state index contributed by atoms with van der Waals surface area (Å²) >= 11 is 1.54. The number of benzene rings is 2. The van der Waals surface area contributed by atoms with Crippen molar-refractivity contribution in [1.82, 2.24) is 0 Å². The summed E-state index contributed by atoms with van der Waals surface area (Å²) in [6, 6.07) is 12.1. The molecule has 0 saturated carbocycles. The molecule has 0 aromatic heterocycles. The predicted molar refractivity (Wildman–Crippen MR) is 97.0 cm³/mol. The molecule has 0 bridgehead atoms. The first kappa shape index (κ1) is 16.9. The number of amides is 1. The number of hydrogen-bond donors (Lipinski definition) is 2. The van der Waals surface area contributed by atoms with Gasteiger partial charge in [0.05, 0.1) is 10.6 Å². The Morgan fingerprint density at radius 2 is 2.04 bits per heavy atom. The van der Waals surface area contributed by atoms with Crippen molar-refractivity contribution in [3.05, 3.63) is 48.0 Å². The van der Waals surface area contributed by atoms with E-state index in [2.05, 4.69) is 10.0 Å². The fourth-order valence-electron chi connectivity index (χ4n) is 2.44. The van der Waals surface area contributed by atoms with Crippen LogP contribution in [0.1, 0.15) is 18.9 Å². The van der Waals surface area contributed by atoms with Gasteiger partial charge in [-0.05, 0) is 42.3 Å². The Kier molecular flexibility index (Phi) is 4.82. The van der Waals surface area contributed by atoms with Crippen molar-refractivity contribution in [2.75, 3.05) is 15.8 Å². The van der Waals surface area contributed by atoms with Crippen LogP contribution >= 0.6 is 11.8 Å². The van der Waals surface area contributed by atoms with E-state index in [1.165, 1.54) is 6.07 Å². The van der Waals surface area contributed by atoms with Gasteiger partial charge in [-0.25, -0.2) is 8.42 Å². The first-order valence-electron chi connectivity index (χ1n) is 7.66. The van der Waals surface area contributed by atoms with Crippen molar-refractivity contribution in [2.45, 2.75) is 29.6 Å². The van der Waals surface area contributed by atoms with Crippen LogP contribution in [0.15, 0.2) is 52.3 Å². The maximum atomic E-state index is 12.6. The maximum Gasteiger partial charge on any atom is 0.261 e. The lowest BCUT2D eigenvalue weighted by Crippen LogP contribution is -2.14. The van der Waals surface area contributed by atoms with Crippen LogP contribution in [0.2, 0.25) is 0 Å². The highest BCUT2D eigenvalue weighted by Gasteiger charge is 2.19. The lowest BCUT2D eigenvalue weighted by atomic mass is 10.1. The fraction of sp³-hybridized carbons (Fsp3) is 0.235. The molecule has 0 saturated heterocycles. The molecule has 2 N–H and O–H groups in total. The van der Waals surface area contributed by atoms with E-state index in [1.54, 1.807) is 30.0 Å². The Morgan fingerprint density at radius 1 is 1.21 bits per heavy atom. The second kappa shape index (κ2) is 6.86. The van der Waals surface area contributed by atoms with Crippen LogP contribution in [0.5, 0.6) is 0 Å². The van der Waals surface area contributed by atoms with Gasteiger partial charge in [0.25, 0.3) is 10.0 Å². The molecule has 0 radical (unpaired) electrons. The van der Waals surface area contributed by atoms with Crippen LogP contribution in [0.3, 0.4) is 0 Å². The third-order valence-electron chi connectivity index (χ3n) is 3.71. The van der Waals surface area contributed by atoms with Crippen LogP contribution in [0.4, 0.5) is 11.4 Å². The standard InChI is InChI=1S/C17H18N2O3S2/c1-2-12-4-3-5-13(10-12)19-24(21,22)14-6-7-16-15(11-14)18-17(20)8-9-23-16/h3-7,10-11,19H,2,8-9H2,1H3,(H,18,20). The summed E-state index contributed by atoms with van der Waals surface area (Å²) in [5, 5.41) is 2.76. The van der Waals surface area contributed by atoms with Gasteiger partial charge in [0.2, 0.25) is 5.91 Å². The molecule has 5 nitrogen and oxygen atoms in total. The van der Waals surface area contributed by atoms with E-state index < -0.39 is 10.0 Å². The van der Waals surface area contributed by atoms with Crippen molar-refractivity contribution in [1.29, 1.82) is 0 Å². The number of rotatable bonds is 4. The molecule has 2 aromatic carbocycles. The molecule has 1 aliphatic heterocycles. The second-order valence-corrected chi connectivity index (χ2v) is 8.28. The van der Waals surface area contributed by atoms with Crippen molar-refractivity contribution >= 4 is 39.1 Å². The predicted octanol–water partition coefficient (Wildman–Crippen LogP) is 3.48. The Balaban J connectivity index is 1.91. The molecule has 1 heterocycles. The summed E-state index contributed by atoms with van der Waals surface area (Å²) in [6.07, 6.45) is 1.25. The molecule has 1 amide bonds. The topological polar surface area (TPSA) is 75.3 Å². The number of fused-ring (bicyclic) bond motifs is 1. The zero-order valence-corrected chi connectivity index (χ0v) is 14.8. The number of nitrogens with one attached hydrogen (secondary N) is 2. The minimum atomic E-state index is -3.71. The average molecular weight is 362 g/mol. The lowest BCUT2D eigenvalue weighted by Gasteiger charge is -2.12. The monoisotopic (exact) mass is 362 g/mol. The highest BCUT2D eigenvalue weighted by Crippen LogP contribution is 2.33. The van der Waals surface area contributed by atoms with Crippen molar-refractivity contribution in [3.8, 4) is 0 Å². The number of aryl methyl sites for hydroxylation is 1. The number of anilines is 2. The molecule has 7 heteroatoms. The van der Waals surface area contributed by atoms with Gasteiger partial charge in [-0.3, -0.25) is 9.52 Å². The third kappa shape index (κ3) is 3.73. The molecule has 1 aliphatic rings. The molecule has 3 rings (SSSR count). The van der Waals surface area contributed by atoms with Gasteiger partial charge in [-0.1, -0.05) is 19.1 Å². The number of carbonyl (C=O) groups is 1. The minimum absolute atomic E-state index is 0.0978. The number of carbonyl (C=O) groups excluding carboxylic acids is 1. The second-order valence-electron chi connectivity index (χ2n) is 5.46. The molecular formula is C17H18N2O3S2. The zero-order valence-electron chi connectivity index (χ0n) is 13.2. The molecule has 0 unspecified atom stereocenters. The van der Waals surface area contributed by atoms with E-state index in [9.17, 15) is 13.2 Å². The smallest absolute Gasteiger partial charge is 0.261 e. The Morgan fingerprint density at radius 3 is 2.83 bits per heavy atom. The lowest BCUT2D eigenvalue weighted by molar-refractivity contribution is -0.115. The van der Waals surface area contributed by atoms with E-state index in [0.29, 0.717) is 23.5 Å². The molecule has 0 atom stereocenters. The third-order valence-corrected chi connectivity index (χ3v) is 6.16. The van der Waals surface area contributed by atoms with Gasteiger partial charge in [0.1, 0.15) is 0 Å². The molecule has 0 fully saturated rings. The van der Waals surface area contributed by atoms with Gasteiger partial charge in [-0.2, -0.15) is 0 Å². The zero-order chi connectivity index (χ0) is 17.2. The summed E-state index contributed by atoms with van der Waals surface area (Å²) in [6.45, 7) is 2.01. The summed E-state index contributed by atoms with van der Waals surface area (Å²) < 4.78 is 27.8. The maximum absolute atomic E-state index is 12.6. The van der Waals surface area contributed by atoms with Gasteiger partial charge < -0.3 is 5.32 Å². The van der Waals surface area contributed by atoms with E-state index in [0.717, 1.165) is 16.9 Å². The Labute approximate surface area is 145 Å². The van der Waals surface area contributed by atoms with Gasteiger partial charge in [0.15, 0.2) is 0 Å². The van der Waals surface area contributed by atoms with E-state index >= 15 is 0 Å². The SMILES string of the molecule is CCc1cccc(NS(=O)(=O)c2ccc3c(c2)NC(=O)CCS3)c1. The minimum Gasteiger partial charge on any atom is -0.325 e. The van der Waals surface area contributed by atoms with Crippen LogP contribution in [-0.2, 0) is 21.2 Å². The van der Waals surface area contributed by atoms with E-state index in [-0.39, 0.29) is 10.8 Å². The van der Waals surface area contributed by atoms with Gasteiger partial charge >= 0.3 is 0 Å². The normalized spacial score (nSPS) is 14.5. The summed E-state index contributed by atoms with van der Waals surface area (Å²) in [4.78, 5) is 12.7. The van der Waals surface area contributed by atoms with E-state index in [1.807, 2.05) is 25.1 Å². The van der Waals surface area contributed by atoms with Crippen LogP contribution in [0, 0.1) is 0 Å². The number of sulfonamides is 1. The van der Waals surface area contributed by atoms with Gasteiger partial charge in [-0.15, -0.1) is 11.8 Å². The quantitative estimate of drug-likeness (QED) is 0.873. The highest BCUT2D eigenvalue weighted by atomic mass is 32.2. The largest absolute Gasteiger partial charge is 0.325 e. The number of hydrogen-bond acceptors (Lipinski definition) is 4. The van der Waals surface area contributed by atoms with Crippen LogP contribution < -0.4 is 10.0 Å². The van der Waals surface area contributed by atoms with Gasteiger partial charge in [0, 0.05) is 22.8 Å². The molecular weight excluding hydrogens is 344 g/mol. The van der Waals surface area contributed by atoms with Crippen LogP contribution in [-0.4, -0.2) is 20.1 Å². The molecule has 0 aliphatic carbocycles. The van der Waals surface area contributed by atoms with E-state index in [4.69, 9.17) is 0 Å². The molecule has 24 heavy (non-hydrogen) atoms. The Hall–Kier alpha value is -1.99. The summed E-state index contributed by atoms with van der Waals surface area (Å²) in [5.74, 6) is 0.590. The van der Waals surface area contributed by atoms with Crippen molar-refractivity contribution in [3.63, 3.8) is 0 Å². The Bertz CT molecular complexity index is 879. The molecule has 2 aromatic rings. The summed E-state index contributed by atoms with van der Waals surface area (Å²) in [7, 11) is -3.71. The fourth-order valence-corrected chi connectivity index (χ4v) is 4.45. The van der Waals surface area contributed by atoms with Crippen molar-refractivity contribution < 1.29 is 13.2 Å². The first-order chi connectivity index (χ1) is 11.5. The first-order valence-corrected chi connectivity index (χ1v) is 10.1. The average Bonchev–Trinajstić information content (AvgIpc) is 2.74. The highest BCUT2D eigenvalue weighted by molar-refractivity contribution is 7.99.